The van der Waals surface area contributed by atoms with E-state index in [0.717, 1.165) is 13.1 Å². The van der Waals surface area contributed by atoms with E-state index in [9.17, 15) is 0 Å². The predicted molar refractivity (Wildman–Crippen MR) is 81.4 cm³/mol. The minimum atomic E-state index is 0.524. The Hall–Kier alpha value is -0.220. The normalized spacial score (nSPS) is 24.3. The molecule has 0 radical (unpaired) electrons. The summed E-state index contributed by atoms with van der Waals surface area (Å²) in [4.78, 5) is 7.02. The summed E-state index contributed by atoms with van der Waals surface area (Å²) in [6, 6.07) is 0.524. The van der Waals surface area contributed by atoms with Gasteiger partial charge in [0.15, 0.2) is 5.17 Å². The number of rotatable bonds is 4. The van der Waals surface area contributed by atoms with Gasteiger partial charge in [-0.1, -0.05) is 24.6 Å². The summed E-state index contributed by atoms with van der Waals surface area (Å²) in [5, 5.41) is 4.75. The monoisotopic (exact) mass is 269 g/mol. The summed E-state index contributed by atoms with van der Waals surface area (Å²) >= 11 is 1.95. The largest absolute Gasteiger partial charge is 0.362 e. The first kappa shape index (κ1) is 14.2. The van der Waals surface area contributed by atoms with Crippen molar-refractivity contribution in [3.63, 3.8) is 0 Å². The van der Waals surface area contributed by atoms with Gasteiger partial charge < -0.3 is 10.2 Å². The topological polar surface area (TPSA) is 27.6 Å². The molecule has 1 aliphatic carbocycles. The molecular formula is C14H27N3S. The Labute approximate surface area is 116 Å². The zero-order valence-electron chi connectivity index (χ0n) is 12.0. The van der Waals surface area contributed by atoms with Crippen LogP contribution in [0.2, 0.25) is 0 Å². The molecule has 0 amide bonds. The lowest BCUT2D eigenvalue weighted by Crippen LogP contribution is -2.38. The van der Waals surface area contributed by atoms with Crippen molar-refractivity contribution in [2.75, 3.05) is 32.9 Å². The highest BCUT2D eigenvalue weighted by Crippen LogP contribution is 2.43. The van der Waals surface area contributed by atoms with Gasteiger partial charge in [0, 0.05) is 18.3 Å². The molecule has 1 spiro atoms. The van der Waals surface area contributed by atoms with Crippen LogP contribution in [-0.2, 0) is 0 Å². The Kier molecular flexibility index (Phi) is 4.96. The van der Waals surface area contributed by atoms with Crippen LogP contribution in [0.25, 0.3) is 0 Å². The smallest absolute Gasteiger partial charge is 0.156 e. The molecule has 1 aliphatic heterocycles. The summed E-state index contributed by atoms with van der Waals surface area (Å²) in [5.74, 6) is 1.28. The number of thioether (sulfide) groups is 1. The first-order valence-electron chi connectivity index (χ1n) is 7.18. The lowest BCUT2D eigenvalue weighted by atomic mass is 9.89. The van der Waals surface area contributed by atoms with E-state index in [1.54, 1.807) is 0 Å². The number of nitrogens with one attached hydrogen (secondary N) is 1. The third-order valence-electron chi connectivity index (χ3n) is 4.12. The minimum absolute atomic E-state index is 0.524. The van der Waals surface area contributed by atoms with Crippen LogP contribution < -0.4 is 5.32 Å². The van der Waals surface area contributed by atoms with Crippen molar-refractivity contribution in [1.82, 2.24) is 10.2 Å². The van der Waals surface area contributed by atoms with Gasteiger partial charge in [0.05, 0.1) is 0 Å². The van der Waals surface area contributed by atoms with Crippen LogP contribution in [0, 0.1) is 5.41 Å². The fourth-order valence-corrected chi connectivity index (χ4v) is 4.07. The SMILES string of the molecule is CC(CCN(C)C)NC1=NCC2(CCCC2)CS1. The molecule has 0 aromatic carbocycles. The van der Waals surface area contributed by atoms with E-state index in [-0.39, 0.29) is 0 Å². The third kappa shape index (κ3) is 3.89. The predicted octanol–water partition coefficient (Wildman–Crippen LogP) is 2.58. The van der Waals surface area contributed by atoms with Crippen LogP contribution in [0.4, 0.5) is 0 Å². The number of amidine groups is 1. The molecule has 1 fully saturated rings. The molecule has 2 aliphatic rings. The molecule has 104 valence electrons. The number of nitrogens with zero attached hydrogens (tertiary/aromatic N) is 2. The van der Waals surface area contributed by atoms with Gasteiger partial charge in [-0.05, 0) is 52.2 Å². The minimum Gasteiger partial charge on any atom is -0.362 e. The summed E-state index contributed by atoms with van der Waals surface area (Å²) in [6.45, 7) is 4.45. The Morgan fingerprint density at radius 1 is 1.39 bits per heavy atom. The fourth-order valence-electron chi connectivity index (χ4n) is 2.80. The summed E-state index contributed by atoms with van der Waals surface area (Å²) in [6.07, 6.45) is 6.80. The van der Waals surface area contributed by atoms with Gasteiger partial charge in [-0.3, -0.25) is 4.99 Å². The maximum absolute atomic E-state index is 4.79. The molecule has 3 nitrogen and oxygen atoms in total. The molecule has 2 rings (SSSR count). The molecule has 0 saturated heterocycles. The van der Waals surface area contributed by atoms with Crippen molar-refractivity contribution < 1.29 is 0 Å². The summed E-state index contributed by atoms with van der Waals surface area (Å²) in [7, 11) is 4.26. The lowest BCUT2D eigenvalue weighted by Gasteiger charge is -2.32. The highest BCUT2D eigenvalue weighted by Gasteiger charge is 2.36. The van der Waals surface area contributed by atoms with Crippen LogP contribution in [0.5, 0.6) is 0 Å². The van der Waals surface area contributed by atoms with Crippen LogP contribution in [0.1, 0.15) is 39.0 Å². The average Bonchev–Trinajstić information content (AvgIpc) is 2.79. The second-order valence-corrected chi connectivity index (χ2v) is 7.22. The highest BCUT2D eigenvalue weighted by atomic mass is 32.2. The number of hydrogen-bond donors (Lipinski definition) is 1. The molecule has 0 aromatic heterocycles. The molecule has 18 heavy (non-hydrogen) atoms. The van der Waals surface area contributed by atoms with Gasteiger partial charge in [0.1, 0.15) is 0 Å². The zero-order valence-corrected chi connectivity index (χ0v) is 12.9. The Morgan fingerprint density at radius 2 is 2.11 bits per heavy atom. The van der Waals surface area contributed by atoms with E-state index in [2.05, 4.69) is 31.2 Å². The Bertz CT molecular complexity index is 295. The van der Waals surface area contributed by atoms with Crippen molar-refractivity contribution >= 4 is 16.9 Å². The molecule has 1 N–H and O–H groups in total. The molecule has 1 heterocycles. The third-order valence-corrected chi connectivity index (χ3v) is 5.39. The quantitative estimate of drug-likeness (QED) is 0.850. The van der Waals surface area contributed by atoms with Crippen LogP contribution in [0.3, 0.4) is 0 Å². The van der Waals surface area contributed by atoms with Gasteiger partial charge in [-0.15, -0.1) is 0 Å². The van der Waals surface area contributed by atoms with Gasteiger partial charge in [-0.2, -0.15) is 0 Å². The first-order chi connectivity index (χ1) is 8.60. The molecule has 1 saturated carbocycles. The molecule has 1 unspecified atom stereocenters. The van der Waals surface area contributed by atoms with Crippen molar-refractivity contribution in [2.45, 2.75) is 45.1 Å². The van der Waals surface area contributed by atoms with Crippen LogP contribution in [-0.4, -0.2) is 49.0 Å². The van der Waals surface area contributed by atoms with Gasteiger partial charge in [0.2, 0.25) is 0 Å². The average molecular weight is 269 g/mol. The van der Waals surface area contributed by atoms with Crippen molar-refractivity contribution in [3.8, 4) is 0 Å². The maximum Gasteiger partial charge on any atom is 0.156 e. The van der Waals surface area contributed by atoms with Crippen molar-refractivity contribution in [1.29, 1.82) is 0 Å². The van der Waals surface area contributed by atoms with E-state index in [1.807, 2.05) is 11.8 Å². The van der Waals surface area contributed by atoms with E-state index in [4.69, 9.17) is 4.99 Å². The summed E-state index contributed by atoms with van der Waals surface area (Å²) in [5.41, 5.74) is 0.558. The highest BCUT2D eigenvalue weighted by molar-refractivity contribution is 8.13. The molecule has 1 atom stereocenters. The van der Waals surface area contributed by atoms with Gasteiger partial charge >= 0.3 is 0 Å². The van der Waals surface area contributed by atoms with Gasteiger partial charge in [0.25, 0.3) is 0 Å². The summed E-state index contributed by atoms with van der Waals surface area (Å²) < 4.78 is 0. The standard InChI is InChI=1S/C14H27N3S/c1-12(6-9-17(2)3)16-13-15-10-14(11-18-13)7-4-5-8-14/h12H,4-11H2,1-3H3,(H,15,16). The molecular weight excluding hydrogens is 242 g/mol. The van der Waals surface area contributed by atoms with Crippen LogP contribution in [0.15, 0.2) is 4.99 Å². The molecule has 4 heteroatoms. The fraction of sp³-hybridized carbons (Fsp3) is 0.929. The van der Waals surface area contributed by atoms with E-state index >= 15 is 0 Å². The number of hydrogen-bond acceptors (Lipinski definition) is 4. The lowest BCUT2D eigenvalue weighted by molar-refractivity contribution is 0.356. The number of aliphatic imine (C=N–C) groups is 1. The van der Waals surface area contributed by atoms with Gasteiger partial charge in [-0.25, -0.2) is 0 Å². The van der Waals surface area contributed by atoms with E-state index < -0.39 is 0 Å². The molecule has 0 aromatic rings. The van der Waals surface area contributed by atoms with Crippen molar-refractivity contribution in [2.24, 2.45) is 10.4 Å². The Balaban J connectivity index is 1.75. The van der Waals surface area contributed by atoms with Crippen molar-refractivity contribution in [3.05, 3.63) is 0 Å². The second kappa shape index (κ2) is 6.29. The Morgan fingerprint density at radius 3 is 2.67 bits per heavy atom. The second-order valence-electron chi connectivity index (χ2n) is 6.25. The zero-order chi connectivity index (χ0) is 13.0. The van der Waals surface area contributed by atoms with Crippen LogP contribution >= 0.6 is 11.8 Å². The molecule has 0 bridgehead atoms. The first-order valence-corrected chi connectivity index (χ1v) is 8.17. The van der Waals surface area contributed by atoms with E-state index in [1.165, 1.54) is 43.0 Å². The van der Waals surface area contributed by atoms with E-state index in [0.29, 0.717) is 11.5 Å². The maximum atomic E-state index is 4.79.